The maximum atomic E-state index is 12.4. The molecule has 0 saturated heterocycles. The van der Waals surface area contributed by atoms with Crippen molar-refractivity contribution < 1.29 is 14.4 Å². The number of rotatable bonds is 5. The molecule has 29 heavy (non-hydrogen) atoms. The lowest BCUT2D eigenvalue weighted by Crippen LogP contribution is -2.61. The van der Waals surface area contributed by atoms with Gasteiger partial charge in [0.2, 0.25) is 5.91 Å². The number of nitrogens with one attached hydrogen (secondary N) is 4. The summed E-state index contributed by atoms with van der Waals surface area (Å²) in [4.78, 5) is 36.2. The van der Waals surface area contributed by atoms with Crippen LogP contribution in [-0.4, -0.2) is 29.9 Å². The third kappa shape index (κ3) is 4.83. The third-order valence-electron chi connectivity index (χ3n) is 6.48. The second-order valence-corrected chi connectivity index (χ2v) is 9.27. The fraction of sp³-hybridized carbons (Fsp3) is 0.571. The van der Waals surface area contributed by atoms with Gasteiger partial charge in [-0.15, -0.1) is 0 Å². The molecule has 1 aromatic rings. The van der Waals surface area contributed by atoms with E-state index in [1.807, 2.05) is 0 Å². The Hall–Kier alpha value is -2.28. The predicted octanol–water partition coefficient (Wildman–Crippen LogP) is 2.76. The van der Waals surface area contributed by atoms with Gasteiger partial charge in [0.05, 0.1) is 0 Å². The molecule has 4 saturated carbocycles. The van der Waals surface area contributed by atoms with Crippen LogP contribution in [0.2, 0.25) is 5.02 Å². The smallest absolute Gasteiger partial charge is 0.315 e. The minimum absolute atomic E-state index is 0.0480. The summed E-state index contributed by atoms with van der Waals surface area (Å²) in [6, 6.07) is 6.14. The van der Waals surface area contributed by atoms with Gasteiger partial charge in [-0.1, -0.05) is 11.6 Å². The number of carbonyl (C=O) groups excluding carboxylic acids is 3. The highest BCUT2D eigenvalue weighted by Crippen LogP contribution is 2.55. The summed E-state index contributed by atoms with van der Waals surface area (Å²) < 4.78 is 0. The molecule has 4 amide bonds. The molecular formula is C21H27ClN4O3. The molecule has 4 fully saturated rings. The molecule has 0 heterocycles. The Morgan fingerprint density at radius 2 is 1.52 bits per heavy atom. The van der Waals surface area contributed by atoms with E-state index in [-0.39, 0.29) is 30.4 Å². The van der Waals surface area contributed by atoms with Gasteiger partial charge in [-0.3, -0.25) is 20.4 Å². The van der Waals surface area contributed by atoms with Crippen molar-refractivity contribution >= 4 is 29.4 Å². The van der Waals surface area contributed by atoms with Gasteiger partial charge in [-0.2, -0.15) is 0 Å². The van der Waals surface area contributed by atoms with Crippen molar-refractivity contribution in [2.75, 3.05) is 6.54 Å². The monoisotopic (exact) mass is 418 g/mol. The first kappa shape index (κ1) is 20.0. The number of amides is 4. The second kappa shape index (κ2) is 8.22. The number of carbonyl (C=O) groups is 3. The van der Waals surface area contributed by atoms with E-state index >= 15 is 0 Å². The zero-order chi connectivity index (χ0) is 20.4. The van der Waals surface area contributed by atoms with Crippen LogP contribution in [0, 0.1) is 17.8 Å². The SMILES string of the molecule is O=C(CCNC(=O)NC12CC3CC(CC(C3)C1)C2)NNC(=O)c1ccc(Cl)cc1. The summed E-state index contributed by atoms with van der Waals surface area (Å²) in [7, 11) is 0. The number of halogens is 1. The number of urea groups is 1. The normalized spacial score (nSPS) is 29.2. The van der Waals surface area contributed by atoms with E-state index in [0.29, 0.717) is 10.6 Å². The fourth-order valence-electron chi connectivity index (χ4n) is 5.70. The van der Waals surface area contributed by atoms with Crippen molar-refractivity contribution in [2.45, 2.75) is 50.5 Å². The zero-order valence-electron chi connectivity index (χ0n) is 16.3. The van der Waals surface area contributed by atoms with E-state index in [4.69, 9.17) is 11.6 Å². The minimum Gasteiger partial charge on any atom is -0.338 e. The molecule has 0 aromatic heterocycles. The Kier molecular flexibility index (Phi) is 5.67. The fourth-order valence-corrected chi connectivity index (χ4v) is 5.83. The average Bonchev–Trinajstić information content (AvgIpc) is 2.65. The topological polar surface area (TPSA) is 99.3 Å². The molecule has 1 aromatic carbocycles. The van der Waals surface area contributed by atoms with Gasteiger partial charge in [0.15, 0.2) is 0 Å². The predicted molar refractivity (Wildman–Crippen MR) is 109 cm³/mol. The third-order valence-corrected chi connectivity index (χ3v) is 6.73. The number of hydrogen-bond acceptors (Lipinski definition) is 3. The van der Waals surface area contributed by atoms with E-state index < -0.39 is 5.91 Å². The molecule has 4 bridgehead atoms. The average molecular weight is 419 g/mol. The molecule has 0 atom stereocenters. The Morgan fingerprint density at radius 1 is 0.931 bits per heavy atom. The van der Waals surface area contributed by atoms with Gasteiger partial charge in [-0.25, -0.2) is 4.79 Å². The minimum atomic E-state index is -0.428. The molecule has 4 aliphatic carbocycles. The summed E-state index contributed by atoms with van der Waals surface area (Å²) in [6.45, 7) is 0.209. The first-order chi connectivity index (χ1) is 13.9. The highest BCUT2D eigenvalue weighted by atomic mass is 35.5. The maximum Gasteiger partial charge on any atom is 0.315 e. The molecular weight excluding hydrogens is 392 g/mol. The quantitative estimate of drug-likeness (QED) is 0.553. The van der Waals surface area contributed by atoms with Gasteiger partial charge >= 0.3 is 6.03 Å². The lowest BCUT2D eigenvalue weighted by Gasteiger charge is -2.56. The first-order valence-corrected chi connectivity index (χ1v) is 10.7. The van der Waals surface area contributed by atoms with Crippen LogP contribution in [0.3, 0.4) is 0 Å². The van der Waals surface area contributed by atoms with Crippen molar-refractivity contribution in [1.29, 1.82) is 0 Å². The Labute approximate surface area is 175 Å². The number of hydrazine groups is 1. The molecule has 8 heteroatoms. The number of benzene rings is 1. The van der Waals surface area contributed by atoms with Crippen LogP contribution >= 0.6 is 11.6 Å². The first-order valence-electron chi connectivity index (χ1n) is 10.3. The maximum absolute atomic E-state index is 12.4. The van der Waals surface area contributed by atoms with Crippen molar-refractivity contribution in [3.05, 3.63) is 34.9 Å². The largest absolute Gasteiger partial charge is 0.338 e. The Bertz CT molecular complexity index is 760. The van der Waals surface area contributed by atoms with Crippen LogP contribution in [0.4, 0.5) is 4.79 Å². The molecule has 7 nitrogen and oxygen atoms in total. The van der Waals surface area contributed by atoms with Crippen LogP contribution in [0.25, 0.3) is 0 Å². The van der Waals surface area contributed by atoms with Crippen LogP contribution in [-0.2, 0) is 4.79 Å². The summed E-state index contributed by atoms with van der Waals surface area (Å²) >= 11 is 5.78. The summed E-state index contributed by atoms with van der Waals surface area (Å²) in [5.41, 5.74) is 5.05. The van der Waals surface area contributed by atoms with Crippen molar-refractivity contribution in [3.8, 4) is 0 Å². The van der Waals surface area contributed by atoms with Crippen LogP contribution in [0.1, 0.15) is 55.3 Å². The van der Waals surface area contributed by atoms with Crippen molar-refractivity contribution in [2.24, 2.45) is 17.8 Å². The molecule has 4 N–H and O–H groups in total. The van der Waals surface area contributed by atoms with Crippen molar-refractivity contribution in [1.82, 2.24) is 21.5 Å². The number of hydrogen-bond donors (Lipinski definition) is 4. The van der Waals surface area contributed by atoms with Gasteiger partial charge < -0.3 is 10.6 Å². The summed E-state index contributed by atoms with van der Waals surface area (Å²) in [5, 5.41) is 6.52. The van der Waals surface area contributed by atoms with Crippen LogP contribution in [0.5, 0.6) is 0 Å². The summed E-state index contributed by atoms with van der Waals surface area (Å²) in [6.07, 6.45) is 7.31. The van der Waals surface area contributed by atoms with Crippen molar-refractivity contribution in [3.63, 3.8) is 0 Å². The summed E-state index contributed by atoms with van der Waals surface area (Å²) in [5.74, 6) is 1.48. The Balaban J connectivity index is 1.15. The lowest BCUT2D eigenvalue weighted by molar-refractivity contribution is -0.121. The van der Waals surface area contributed by atoms with Gasteiger partial charge in [0.1, 0.15) is 0 Å². The standard InChI is InChI=1S/C21H27ClN4O3/c22-17-3-1-16(2-4-17)19(28)26-25-18(27)5-6-23-20(29)24-21-10-13-7-14(11-21)9-15(8-13)12-21/h1-4,13-15H,5-12H2,(H,25,27)(H,26,28)(H2,23,24,29). The molecule has 0 aliphatic heterocycles. The molecule has 0 spiro atoms. The Morgan fingerprint density at radius 3 is 2.10 bits per heavy atom. The van der Waals surface area contributed by atoms with Crippen LogP contribution in [0.15, 0.2) is 24.3 Å². The molecule has 0 radical (unpaired) electrons. The van der Waals surface area contributed by atoms with Gasteiger partial charge in [0, 0.05) is 29.1 Å². The highest BCUT2D eigenvalue weighted by Gasteiger charge is 2.51. The second-order valence-electron chi connectivity index (χ2n) is 8.84. The molecule has 4 aliphatic rings. The van der Waals surface area contributed by atoms with E-state index in [2.05, 4.69) is 21.5 Å². The van der Waals surface area contributed by atoms with E-state index in [9.17, 15) is 14.4 Å². The van der Waals surface area contributed by atoms with E-state index in [1.165, 1.54) is 19.3 Å². The highest BCUT2D eigenvalue weighted by molar-refractivity contribution is 6.30. The van der Waals surface area contributed by atoms with Gasteiger partial charge in [0.25, 0.3) is 5.91 Å². The molecule has 0 unspecified atom stereocenters. The van der Waals surface area contributed by atoms with E-state index in [0.717, 1.165) is 37.0 Å². The molecule has 5 rings (SSSR count). The molecule has 156 valence electrons. The van der Waals surface area contributed by atoms with E-state index in [1.54, 1.807) is 24.3 Å². The lowest BCUT2D eigenvalue weighted by atomic mass is 9.53. The van der Waals surface area contributed by atoms with Gasteiger partial charge in [-0.05, 0) is 80.5 Å². The van der Waals surface area contributed by atoms with Crippen LogP contribution < -0.4 is 21.5 Å². The zero-order valence-corrected chi connectivity index (χ0v) is 17.1.